The van der Waals surface area contributed by atoms with E-state index in [1.54, 1.807) is 12.2 Å². The van der Waals surface area contributed by atoms with Gasteiger partial charge < -0.3 is 15.3 Å². The Morgan fingerprint density at radius 3 is 1.73 bits per heavy atom. The molecule has 0 amide bonds. The van der Waals surface area contributed by atoms with Crippen LogP contribution in [-0.4, -0.2) is 33.5 Å². The SMILES string of the molecule is CCCCCCC[C@@H](O)/C=C/[C@@H](O)CCCCCCC(=O)O. The molecular weight excluding hydrogens is 280 g/mol. The molecule has 0 aliphatic heterocycles. The highest BCUT2D eigenvalue weighted by molar-refractivity contribution is 5.66. The molecule has 3 N–H and O–H groups in total. The van der Waals surface area contributed by atoms with Gasteiger partial charge in [-0.3, -0.25) is 4.79 Å². The first kappa shape index (κ1) is 21.1. The number of unbranched alkanes of at least 4 members (excludes halogenated alkanes) is 7. The third kappa shape index (κ3) is 15.5. The quantitative estimate of drug-likeness (QED) is 0.315. The summed E-state index contributed by atoms with van der Waals surface area (Å²) in [5, 5.41) is 28.1. The molecule has 0 bridgehead atoms. The van der Waals surface area contributed by atoms with Crippen LogP contribution >= 0.6 is 0 Å². The van der Waals surface area contributed by atoms with Crippen molar-refractivity contribution in [3.8, 4) is 0 Å². The van der Waals surface area contributed by atoms with Crippen LogP contribution in [0.25, 0.3) is 0 Å². The first-order valence-corrected chi connectivity index (χ1v) is 8.82. The normalized spacial score (nSPS) is 14.3. The van der Waals surface area contributed by atoms with Crippen molar-refractivity contribution < 1.29 is 20.1 Å². The molecule has 22 heavy (non-hydrogen) atoms. The molecule has 0 aromatic rings. The Bertz CT molecular complexity index is 289. The van der Waals surface area contributed by atoms with Gasteiger partial charge in [-0.2, -0.15) is 0 Å². The van der Waals surface area contributed by atoms with E-state index in [-0.39, 0.29) is 6.42 Å². The fourth-order valence-electron chi connectivity index (χ4n) is 2.39. The lowest BCUT2D eigenvalue weighted by Gasteiger charge is -2.08. The molecule has 0 aromatic carbocycles. The number of aliphatic hydroxyl groups is 2. The Hall–Kier alpha value is -0.870. The van der Waals surface area contributed by atoms with Gasteiger partial charge in [-0.05, 0) is 19.3 Å². The lowest BCUT2D eigenvalue weighted by molar-refractivity contribution is -0.137. The van der Waals surface area contributed by atoms with Crippen LogP contribution in [0.5, 0.6) is 0 Å². The molecule has 0 aliphatic carbocycles. The van der Waals surface area contributed by atoms with E-state index in [0.29, 0.717) is 12.8 Å². The second-order valence-electron chi connectivity index (χ2n) is 6.07. The maximum Gasteiger partial charge on any atom is 0.303 e. The van der Waals surface area contributed by atoms with Crippen molar-refractivity contribution in [2.75, 3.05) is 0 Å². The smallest absolute Gasteiger partial charge is 0.303 e. The van der Waals surface area contributed by atoms with E-state index in [1.165, 1.54) is 19.3 Å². The minimum Gasteiger partial charge on any atom is -0.481 e. The van der Waals surface area contributed by atoms with Gasteiger partial charge in [0.05, 0.1) is 12.2 Å². The van der Waals surface area contributed by atoms with Crippen molar-refractivity contribution in [1.29, 1.82) is 0 Å². The van der Waals surface area contributed by atoms with Crippen LogP contribution in [0.4, 0.5) is 0 Å². The number of carboxylic acids is 1. The zero-order valence-corrected chi connectivity index (χ0v) is 14.0. The minimum atomic E-state index is -0.744. The van der Waals surface area contributed by atoms with Crippen LogP contribution in [0.15, 0.2) is 12.2 Å². The Balaban J connectivity index is 3.51. The van der Waals surface area contributed by atoms with E-state index >= 15 is 0 Å². The highest BCUT2D eigenvalue weighted by Gasteiger charge is 2.03. The predicted octanol–water partition coefficient (Wildman–Crippen LogP) is 4.05. The fraction of sp³-hybridized carbons (Fsp3) is 0.833. The van der Waals surface area contributed by atoms with Gasteiger partial charge in [-0.15, -0.1) is 0 Å². The van der Waals surface area contributed by atoms with E-state index in [2.05, 4.69) is 6.92 Å². The lowest BCUT2D eigenvalue weighted by Crippen LogP contribution is -2.06. The van der Waals surface area contributed by atoms with Crippen molar-refractivity contribution in [2.45, 2.75) is 96.2 Å². The van der Waals surface area contributed by atoms with Gasteiger partial charge in [0.25, 0.3) is 0 Å². The summed E-state index contributed by atoms with van der Waals surface area (Å²) in [6, 6.07) is 0. The largest absolute Gasteiger partial charge is 0.481 e. The molecule has 130 valence electrons. The second kappa shape index (κ2) is 15.0. The number of hydrogen-bond acceptors (Lipinski definition) is 3. The summed E-state index contributed by atoms with van der Waals surface area (Å²) in [6.45, 7) is 2.19. The summed E-state index contributed by atoms with van der Waals surface area (Å²) in [4.78, 5) is 10.3. The highest BCUT2D eigenvalue weighted by atomic mass is 16.4. The standard InChI is InChI=1S/C18H34O4/c1-2-3-4-5-8-11-16(19)14-15-17(20)12-9-6-7-10-13-18(21)22/h14-17,19-20H,2-13H2,1H3,(H,21,22)/b15-14+/t16-,17+/m1/s1. The maximum absolute atomic E-state index is 10.3. The highest BCUT2D eigenvalue weighted by Crippen LogP contribution is 2.10. The van der Waals surface area contributed by atoms with E-state index in [9.17, 15) is 15.0 Å². The number of carboxylic acid groups (broad SMARTS) is 1. The van der Waals surface area contributed by atoms with Gasteiger partial charge >= 0.3 is 5.97 Å². The molecule has 0 saturated carbocycles. The predicted molar refractivity (Wildman–Crippen MR) is 89.9 cm³/mol. The molecule has 0 fully saturated rings. The van der Waals surface area contributed by atoms with Crippen LogP contribution in [-0.2, 0) is 4.79 Å². The second-order valence-corrected chi connectivity index (χ2v) is 6.07. The molecule has 0 rings (SSSR count). The number of carbonyl (C=O) groups is 1. The monoisotopic (exact) mass is 314 g/mol. The lowest BCUT2D eigenvalue weighted by atomic mass is 10.1. The van der Waals surface area contributed by atoms with Crippen molar-refractivity contribution in [1.82, 2.24) is 0 Å². The summed E-state index contributed by atoms with van der Waals surface area (Å²) in [7, 11) is 0. The molecule has 0 heterocycles. The zero-order chi connectivity index (χ0) is 16.6. The van der Waals surface area contributed by atoms with Gasteiger partial charge in [0.2, 0.25) is 0 Å². The molecule has 2 atom stereocenters. The number of rotatable bonds is 15. The van der Waals surface area contributed by atoms with Crippen molar-refractivity contribution in [3.05, 3.63) is 12.2 Å². The minimum absolute atomic E-state index is 0.229. The van der Waals surface area contributed by atoms with Crippen LogP contribution in [0.2, 0.25) is 0 Å². The number of aliphatic hydroxyl groups excluding tert-OH is 2. The third-order valence-electron chi connectivity index (χ3n) is 3.80. The zero-order valence-electron chi connectivity index (χ0n) is 14.0. The number of hydrogen-bond donors (Lipinski definition) is 3. The summed E-state index contributed by atoms with van der Waals surface area (Å²) < 4.78 is 0. The molecule has 4 nitrogen and oxygen atoms in total. The van der Waals surface area contributed by atoms with Gasteiger partial charge in [0.15, 0.2) is 0 Å². The molecule has 0 radical (unpaired) electrons. The molecule has 0 unspecified atom stereocenters. The van der Waals surface area contributed by atoms with E-state index < -0.39 is 18.2 Å². The third-order valence-corrected chi connectivity index (χ3v) is 3.80. The average Bonchev–Trinajstić information content (AvgIpc) is 2.48. The van der Waals surface area contributed by atoms with Crippen LogP contribution in [0, 0.1) is 0 Å². The first-order valence-electron chi connectivity index (χ1n) is 8.82. The van der Waals surface area contributed by atoms with E-state index in [4.69, 9.17) is 5.11 Å². The maximum atomic E-state index is 10.3. The molecule has 0 spiro atoms. The molecular formula is C18H34O4. The topological polar surface area (TPSA) is 77.8 Å². The number of aliphatic carboxylic acids is 1. The summed E-state index contributed by atoms with van der Waals surface area (Å²) in [6.07, 6.45) is 13.4. The van der Waals surface area contributed by atoms with Gasteiger partial charge in [-0.1, -0.05) is 70.4 Å². The van der Waals surface area contributed by atoms with E-state index in [0.717, 1.165) is 38.5 Å². The summed E-state index contributed by atoms with van der Waals surface area (Å²) in [5.41, 5.74) is 0. The molecule has 4 heteroatoms. The Morgan fingerprint density at radius 1 is 0.818 bits per heavy atom. The van der Waals surface area contributed by atoms with E-state index in [1.807, 2.05) is 0 Å². The first-order chi connectivity index (χ1) is 10.6. The van der Waals surface area contributed by atoms with Gasteiger partial charge in [0.1, 0.15) is 0 Å². The Kier molecular flexibility index (Phi) is 14.4. The fourth-order valence-corrected chi connectivity index (χ4v) is 2.39. The molecule has 0 aliphatic rings. The molecule has 0 saturated heterocycles. The summed E-state index contributed by atoms with van der Waals surface area (Å²) in [5.74, 6) is -0.744. The molecule has 0 aromatic heterocycles. The average molecular weight is 314 g/mol. The van der Waals surface area contributed by atoms with Crippen molar-refractivity contribution in [3.63, 3.8) is 0 Å². The Labute approximate surface area is 135 Å². The van der Waals surface area contributed by atoms with Crippen LogP contribution in [0.1, 0.15) is 84.0 Å². The van der Waals surface area contributed by atoms with Gasteiger partial charge in [-0.25, -0.2) is 0 Å². The van der Waals surface area contributed by atoms with Gasteiger partial charge in [0, 0.05) is 6.42 Å². The van der Waals surface area contributed by atoms with Crippen molar-refractivity contribution in [2.24, 2.45) is 0 Å². The van der Waals surface area contributed by atoms with Crippen molar-refractivity contribution >= 4 is 5.97 Å². The van der Waals surface area contributed by atoms with Crippen LogP contribution in [0.3, 0.4) is 0 Å². The Morgan fingerprint density at radius 2 is 1.27 bits per heavy atom. The summed E-state index contributed by atoms with van der Waals surface area (Å²) >= 11 is 0. The van der Waals surface area contributed by atoms with Crippen LogP contribution < -0.4 is 0 Å².